The van der Waals surface area contributed by atoms with Crippen LogP contribution in [0.15, 0.2) is 36.7 Å². The van der Waals surface area contributed by atoms with Crippen molar-refractivity contribution in [2.45, 2.75) is 33.2 Å². The van der Waals surface area contributed by atoms with Crippen molar-refractivity contribution in [3.8, 4) is 0 Å². The lowest BCUT2D eigenvalue weighted by molar-refractivity contribution is 0.629. The van der Waals surface area contributed by atoms with Gasteiger partial charge in [0, 0.05) is 12.4 Å². The van der Waals surface area contributed by atoms with Crippen LogP contribution in [0.3, 0.4) is 0 Å². The smallest absolute Gasteiger partial charge is 0.0714 e. The standard InChI is InChI=1S/C16H21N3/c1-4-13-10-18-6-5-15(13)16(19-17)14-8-11(2)7-12(3)9-14/h5-10,16,19H,4,17H2,1-3H3. The third kappa shape index (κ3) is 3.00. The predicted octanol–water partition coefficient (Wildman–Crippen LogP) is 2.81. The first-order chi connectivity index (χ1) is 9.15. The van der Waals surface area contributed by atoms with E-state index >= 15 is 0 Å². The minimum Gasteiger partial charge on any atom is -0.271 e. The highest BCUT2D eigenvalue weighted by molar-refractivity contribution is 5.39. The Morgan fingerprint density at radius 1 is 1.21 bits per heavy atom. The largest absolute Gasteiger partial charge is 0.271 e. The van der Waals surface area contributed by atoms with E-state index in [2.05, 4.69) is 49.4 Å². The first kappa shape index (κ1) is 13.7. The maximum Gasteiger partial charge on any atom is 0.0714 e. The molecule has 0 aliphatic heterocycles. The summed E-state index contributed by atoms with van der Waals surface area (Å²) in [5.74, 6) is 5.79. The Bertz CT molecular complexity index is 543. The van der Waals surface area contributed by atoms with Gasteiger partial charge in [-0.05, 0) is 43.0 Å². The van der Waals surface area contributed by atoms with Gasteiger partial charge in [-0.3, -0.25) is 10.8 Å². The van der Waals surface area contributed by atoms with E-state index in [4.69, 9.17) is 5.84 Å². The lowest BCUT2D eigenvalue weighted by atomic mass is 9.93. The van der Waals surface area contributed by atoms with Gasteiger partial charge in [-0.25, -0.2) is 5.43 Å². The molecule has 1 aromatic heterocycles. The maximum absolute atomic E-state index is 5.79. The summed E-state index contributed by atoms with van der Waals surface area (Å²) in [5.41, 5.74) is 9.06. The Kier molecular flexibility index (Phi) is 4.30. The highest BCUT2D eigenvalue weighted by atomic mass is 15.2. The van der Waals surface area contributed by atoms with Crippen molar-refractivity contribution in [2.24, 2.45) is 5.84 Å². The minimum atomic E-state index is 0.0107. The molecule has 0 aliphatic carbocycles. The molecule has 1 aromatic carbocycles. The van der Waals surface area contributed by atoms with Gasteiger partial charge in [0.05, 0.1) is 6.04 Å². The summed E-state index contributed by atoms with van der Waals surface area (Å²) in [6, 6.07) is 8.58. The fourth-order valence-electron chi connectivity index (χ4n) is 2.56. The van der Waals surface area contributed by atoms with E-state index in [1.165, 1.54) is 27.8 Å². The molecular weight excluding hydrogens is 234 g/mol. The third-order valence-corrected chi connectivity index (χ3v) is 3.38. The number of nitrogens with zero attached hydrogens (tertiary/aromatic N) is 1. The van der Waals surface area contributed by atoms with Gasteiger partial charge in [0.1, 0.15) is 0 Å². The van der Waals surface area contributed by atoms with Crippen LogP contribution in [0.1, 0.15) is 40.8 Å². The molecule has 0 saturated heterocycles. The van der Waals surface area contributed by atoms with Crippen molar-refractivity contribution < 1.29 is 0 Å². The quantitative estimate of drug-likeness (QED) is 0.652. The topological polar surface area (TPSA) is 50.9 Å². The second-order valence-electron chi connectivity index (χ2n) is 4.95. The van der Waals surface area contributed by atoms with Crippen LogP contribution in [-0.4, -0.2) is 4.98 Å². The third-order valence-electron chi connectivity index (χ3n) is 3.38. The van der Waals surface area contributed by atoms with E-state index < -0.39 is 0 Å². The van der Waals surface area contributed by atoms with E-state index in [0.717, 1.165) is 6.42 Å². The fraction of sp³-hybridized carbons (Fsp3) is 0.312. The van der Waals surface area contributed by atoms with Gasteiger partial charge in [0.2, 0.25) is 0 Å². The van der Waals surface area contributed by atoms with Crippen LogP contribution in [0, 0.1) is 13.8 Å². The number of hydrazine groups is 1. The second-order valence-corrected chi connectivity index (χ2v) is 4.95. The molecule has 0 aliphatic rings. The van der Waals surface area contributed by atoms with Crippen LogP contribution in [0.5, 0.6) is 0 Å². The summed E-state index contributed by atoms with van der Waals surface area (Å²) in [4.78, 5) is 4.19. The Morgan fingerprint density at radius 2 is 1.89 bits per heavy atom. The SMILES string of the molecule is CCc1cnccc1C(NN)c1cc(C)cc(C)c1. The summed E-state index contributed by atoms with van der Waals surface area (Å²) in [6.07, 6.45) is 4.69. The van der Waals surface area contributed by atoms with Crippen molar-refractivity contribution >= 4 is 0 Å². The van der Waals surface area contributed by atoms with E-state index in [1.54, 1.807) is 0 Å². The van der Waals surface area contributed by atoms with Crippen LogP contribution in [-0.2, 0) is 6.42 Å². The van der Waals surface area contributed by atoms with Gasteiger partial charge in [0.15, 0.2) is 0 Å². The van der Waals surface area contributed by atoms with Crippen molar-refractivity contribution in [3.05, 3.63) is 64.5 Å². The molecule has 19 heavy (non-hydrogen) atoms. The minimum absolute atomic E-state index is 0.0107. The normalized spacial score (nSPS) is 12.4. The number of nitrogens with one attached hydrogen (secondary N) is 1. The Morgan fingerprint density at radius 3 is 2.47 bits per heavy atom. The molecule has 3 nitrogen and oxygen atoms in total. The van der Waals surface area contributed by atoms with Gasteiger partial charge in [-0.15, -0.1) is 0 Å². The summed E-state index contributed by atoms with van der Waals surface area (Å²) in [7, 11) is 0. The lowest BCUT2D eigenvalue weighted by Crippen LogP contribution is -2.29. The Hall–Kier alpha value is -1.71. The van der Waals surface area contributed by atoms with Gasteiger partial charge in [-0.1, -0.05) is 36.2 Å². The fourth-order valence-corrected chi connectivity index (χ4v) is 2.56. The number of rotatable bonds is 4. The molecule has 1 unspecified atom stereocenters. The number of aromatic nitrogens is 1. The van der Waals surface area contributed by atoms with Gasteiger partial charge < -0.3 is 0 Å². The van der Waals surface area contributed by atoms with Gasteiger partial charge >= 0.3 is 0 Å². The van der Waals surface area contributed by atoms with Crippen molar-refractivity contribution in [1.29, 1.82) is 0 Å². The number of nitrogens with two attached hydrogens (primary N) is 1. The average molecular weight is 255 g/mol. The summed E-state index contributed by atoms with van der Waals surface area (Å²) < 4.78 is 0. The molecule has 1 atom stereocenters. The van der Waals surface area contributed by atoms with Crippen LogP contribution >= 0.6 is 0 Å². The van der Waals surface area contributed by atoms with Gasteiger partial charge in [-0.2, -0.15) is 0 Å². The average Bonchev–Trinajstić information content (AvgIpc) is 2.39. The summed E-state index contributed by atoms with van der Waals surface area (Å²) >= 11 is 0. The van der Waals surface area contributed by atoms with Crippen LogP contribution in [0.2, 0.25) is 0 Å². The Balaban J connectivity index is 2.49. The molecule has 0 amide bonds. The highest BCUT2D eigenvalue weighted by Gasteiger charge is 2.16. The molecule has 0 bridgehead atoms. The molecule has 3 N–H and O–H groups in total. The molecule has 3 heteroatoms. The Labute approximate surface area is 114 Å². The van der Waals surface area contributed by atoms with Crippen LogP contribution < -0.4 is 11.3 Å². The summed E-state index contributed by atoms with van der Waals surface area (Å²) in [5, 5.41) is 0. The first-order valence-electron chi connectivity index (χ1n) is 6.62. The van der Waals surface area contributed by atoms with Crippen LogP contribution in [0.4, 0.5) is 0 Å². The lowest BCUT2D eigenvalue weighted by Gasteiger charge is -2.20. The molecule has 0 spiro atoms. The maximum atomic E-state index is 5.79. The number of benzene rings is 1. The first-order valence-corrected chi connectivity index (χ1v) is 6.62. The molecule has 0 saturated carbocycles. The van der Waals surface area contributed by atoms with Crippen molar-refractivity contribution in [1.82, 2.24) is 10.4 Å². The van der Waals surface area contributed by atoms with E-state index in [-0.39, 0.29) is 6.04 Å². The van der Waals surface area contributed by atoms with Crippen molar-refractivity contribution in [2.75, 3.05) is 0 Å². The van der Waals surface area contributed by atoms with Gasteiger partial charge in [0.25, 0.3) is 0 Å². The second kappa shape index (κ2) is 5.95. The number of hydrogen-bond donors (Lipinski definition) is 2. The van der Waals surface area contributed by atoms with E-state index in [0.29, 0.717) is 0 Å². The number of hydrogen-bond acceptors (Lipinski definition) is 3. The molecule has 100 valence electrons. The zero-order chi connectivity index (χ0) is 13.8. The molecule has 2 rings (SSSR count). The van der Waals surface area contributed by atoms with Crippen molar-refractivity contribution in [3.63, 3.8) is 0 Å². The molecular formula is C16H21N3. The molecule has 1 heterocycles. The van der Waals surface area contributed by atoms with E-state index in [9.17, 15) is 0 Å². The van der Waals surface area contributed by atoms with E-state index in [1.807, 2.05) is 18.5 Å². The number of pyridine rings is 1. The predicted molar refractivity (Wildman–Crippen MR) is 78.7 cm³/mol. The molecule has 0 fully saturated rings. The number of aryl methyl sites for hydroxylation is 3. The highest BCUT2D eigenvalue weighted by Crippen LogP contribution is 2.25. The zero-order valence-electron chi connectivity index (χ0n) is 11.8. The summed E-state index contributed by atoms with van der Waals surface area (Å²) in [6.45, 7) is 6.35. The monoisotopic (exact) mass is 255 g/mol. The zero-order valence-corrected chi connectivity index (χ0v) is 11.8. The molecule has 0 radical (unpaired) electrons. The van der Waals surface area contributed by atoms with Crippen LogP contribution in [0.25, 0.3) is 0 Å². The molecule has 2 aromatic rings.